The second kappa shape index (κ2) is 9.28. The Labute approximate surface area is 182 Å². The van der Waals surface area contributed by atoms with Crippen LogP contribution in [-0.4, -0.2) is 21.9 Å². The Morgan fingerprint density at radius 2 is 1.83 bits per heavy atom. The van der Waals surface area contributed by atoms with E-state index in [-0.39, 0.29) is 11.7 Å². The van der Waals surface area contributed by atoms with E-state index in [1.807, 2.05) is 54.1 Å². The molecular formula is C23H20FN3OS2. The maximum Gasteiger partial charge on any atom is 0.269 e. The highest BCUT2D eigenvalue weighted by Gasteiger charge is 2.17. The highest BCUT2D eigenvalue weighted by Crippen LogP contribution is 2.25. The van der Waals surface area contributed by atoms with Crippen LogP contribution in [0.1, 0.15) is 21.6 Å². The summed E-state index contributed by atoms with van der Waals surface area (Å²) in [4.78, 5) is 15.1. The minimum atomic E-state index is -0.288. The van der Waals surface area contributed by atoms with Crippen molar-refractivity contribution in [1.29, 1.82) is 0 Å². The Kier molecular flexibility index (Phi) is 6.30. The van der Waals surface area contributed by atoms with Gasteiger partial charge in [-0.3, -0.25) is 9.48 Å². The van der Waals surface area contributed by atoms with Gasteiger partial charge in [0.2, 0.25) is 0 Å². The molecule has 0 aliphatic carbocycles. The van der Waals surface area contributed by atoms with Crippen molar-refractivity contribution in [3.05, 3.63) is 94.7 Å². The fourth-order valence-corrected chi connectivity index (χ4v) is 4.13. The van der Waals surface area contributed by atoms with Gasteiger partial charge in [0.15, 0.2) is 0 Å². The number of thioether (sulfide) groups is 1. The molecule has 1 N–H and O–H groups in total. The predicted octanol–water partition coefficient (Wildman–Crippen LogP) is 5.45. The third kappa shape index (κ3) is 4.80. The van der Waals surface area contributed by atoms with E-state index in [9.17, 15) is 9.18 Å². The third-order valence-corrected chi connectivity index (χ3v) is 6.28. The molecule has 0 fully saturated rings. The van der Waals surface area contributed by atoms with Gasteiger partial charge in [0.1, 0.15) is 17.2 Å². The lowest BCUT2D eigenvalue weighted by molar-refractivity contribution is 0.0940. The summed E-state index contributed by atoms with van der Waals surface area (Å²) in [7, 11) is 0. The number of rotatable bonds is 7. The molecule has 0 bridgehead atoms. The summed E-state index contributed by atoms with van der Waals surface area (Å²) in [6.07, 6.45) is 2.03. The highest BCUT2D eigenvalue weighted by molar-refractivity contribution is 7.98. The van der Waals surface area contributed by atoms with Crippen molar-refractivity contribution in [2.45, 2.75) is 18.0 Å². The summed E-state index contributed by atoms with van der Waals surface area (Å²) in [5.41, 5.74) is 3.13. The maximum atomic E-state index is 13.2. The van der Waals surface area contributed by atoms with Gasteiger partial charge in [0, 0.05) is 11.4 Å². The Balaban J connectivity index is 1.56. The molecule has 2 heterocycles. The van der Waals surface area contributed by atoms with Crippen LogP contribution in [0.25, 0.3) is 10.6 Å². The summed E-state index contributed by atoms with van der Waals surface area (Å²) < 4.78 is 14.9. The summed E-state index contributed by atoms with van der Waals surface area (Å²) in [6.45, 7) is 0.820. The molecule has 0 spiro atoms. The molecule has 2 aromatic heterocycles. The molecule has 30 heavy (non-hydrogen) atoms. The molecule has 2 aromatic carbocycles. The summed E-state index contributed by atoms with van der Waals surface area (Å²) in [5.74, 6) is -0.481. The lowest BCUT2D eigenvalue weighted by Gasteiger charge is -2.09. The summed E-state index contributed by atoms with van der Waals surface area (Å²) >= 11 is 3.26. The Bertz CT molecular complexity index is 1120. The zero-order valence-electron chi connectivity index (χ0n) is 16.3. The minimum Gasteiger partial charge on any atom is -0.347 e. The number of aromatic nitrogens is 2. The Morgan fingerprint density at radius 3 is 2.50 bits per heavy atom. The topological polar surface area (TPSA) is 46.9 Å². The van der Waals surface area contributed by atoms with Gasteiger partial charge in [-0.25, -0.2) is 4.39 Å². The number of halogens is 1. The number of hydrogen-bond donors (Lipinski definition) is 1. The standard InChI is InChI=1S/C23H20FN3OS2/c1-29-19-10-6-16(7-11-19)14-25-23(28)21-13-20(22-3-2-12-30-22)26-27(21)15-17-4-8-18(24)9-5-17/h2-13H,14-15H2,1H3,(H,25,28). The number of amides is 1. The zero-order valence-corrected chi connectivity index (χ0v) is 18.0. The van der Waals surface area contributed by atoms with Crippen LogP contribution < -0.4 is 5.32 Å². The van der Waals surface area contributed by atoms with Crippen molar-refractivity contribution in [1.82, 2.24) is 15.1 Å². The van der Waals surface area contributed by atoms with Gasteiger partial charge in [0.05, 0.1) is 11.4 Å². The largest absolute Gasteiger partial charge is 0.347 e. The van der Waals surface area contributed by atoms with Crippen molar-refractivity contribution in [3.8, 4) is 10.6 Å². The van der Waals surface area contributed by atoms with Crippen LogP contribution in [0.5, 0.6) is 0 Å². The normalized spacial score (nSPS) is 10.9. The van der Waals surface area contributed by atoms with E-state index < -0.39 is 0 Å². The first-order valence-corrected chi connectivity index (χ1v) is 11.5. The van der Waals surface area contributed by atoms with Gasteiger partial charge in [-0.2, -0.15) is 5.10 Å². The van der Waals surface area contributed by atoms with Crippen LogP contribution in [0.3, 0.4) is 0 Å². The molecule has 0 atom stereocenters. The lowest BCUT2D eigenvalue weighted by atomic mass is 10.2. The molecule has 0 aliphatic rings. The quantitative estimate of drug-likeness (QED) is 0.391. The van der Waals surface area contributed by atoms with Crippen LogP contribution in [0, 0.1) is 5.82 Å². The first kappa shape index (κ1) is 20.4. The van der Waals surface area contributed by atoms with Gasteiger partial charge >= 0.3 is 0 Å². The zero-order chi connectivity index (χ0) is 20.9. The van der Waals surface area contributed by atoms with Crippen molar-refractivity contribution in [2.24, 2.45) is 0 Å². The van der Waals surface area contributed by atoms with Crippen LogP contribution in [-0.2, 0) is 13.1 Å². The Morgan fingerprint density at radius 1 is 1.10 bits per heavy atom. The number of hydrogen-bond acceptors (Lipinski definition) is 4. The SMILES string of the molecule is CSc1ccc(CNC(=O)c2cc(-c3cccs3)nn2Cc2ccc(F)cc2)cc1. The van der Waals surface area contributed by atoms with E-state index in [4.69, 9.17) is 0 Å². The maximum absolute atomic E-state index is 13.2. The number of nitrogens with zero attached hydrogens (tertiary/aromatic N) is 2. The minimum absolute atomic E-state index is 0.193. The average molecular weight is 438 g/mol. The van der Waals surface area contributed by atoms with Crippen LogP contribution in [0.4, 0.5) is 4.39 Å². The highest BCUT2D eigenvalue weighted by atomic mass is 32.2. The van der Waals surface area contributed by atoms with Gasteiger partial charge in [-0.15, -0.1) is 23.1 Å². The van der Waals surface area contributed by atoms with Crippen LogP contribution in [0.15, 0.2) is 77.0 Å². The number of carbonyl (C=O) groups excluding carboxylic acids is 1. The fraction of sp³-hybridized carbons (Fsp3) is 0.130. The van der Waals surface area contributed by atoms with Crippen molar-refractivity contribution >= 4 is 29.0 Å². The number of nitrogens with one attached hydrogen (secondary N) is 1. The molecule has 0 unspecified atom stereocenters. The first-order chi connectivity index (χ1) is 14.6. The predicted molar refractivity (Wildman–Crippen MR) is 120 cm³/mol. The Hall–Kier alpha value is -2.90. The monoisotopic (exact) mass is 437 g/mol. The molecule has 7 heteroatoms. The molecule has 152 valence electrons. The number of thiophene rings is 1. The van der Waals surface area contributed by atoms with E-state index in [0.717, 1.165) is 21.7 Å². The molecule has 0 radical (unpaired) electrons. The smallest absolute Gasteiger partial charge is 0.269 e. The third-order valence-electron chi connectivity index (χ3n) is 4.64. The lowest BCUT2D eigenvalue weighted by Crippen LogP contribution is -2.26. The van der Waals surface area contributed by atoms with Gasteiger partial charge in [-0.05, 0) is 59.2 Å². The molecular weight excluding hydrogens is 417 g/mol. The molecule has 4 rings (SSSR count). The number of benzene rings is 2. The summed E-state index contributed by atoms with van der Waals surface area (Å²) in [6, 6.07) is 20.1. The average Bonchev–Trinajstić information content (AvgIpc) is 3.44. The van der Waals surface area contributed by atoms with Crippen molar-refractivity contribution < 1.29 is 9.18 Å². The molecule has 4 nitrogen and oxygen atoms in total. The van der Waals surface area contributed by atoms with Crippen LogP contribution in [0.2, 0.25) is 0 Å². The van der Waals surface area contributed by atoms with Gasteiger partial charge in [-0.1, -0.05) is 30.3 Å². The van der Waals surface area contributed by atoms with E-state index in [2.05, 4.69) is 10.4 Å². The molecule has 0 saturated heterocycles. The first-order valence-electron chi connectivity index (χ1n) is 9.39. The molecule has 0 aliphatic heterocycles. The molecule has 4 aromatic rings. The van der Waals surface area contributed by atoms with Crippen molar-refractivity contribution in [3.63, 3.8) is 0 Å². The fourth-order valence-electron chi connectivity index (χ4n) is 3.04. The van der Waals surface area contributed by atoms with E-state index in [1.165, 1.54) is 17.0 Å². The van der Waals surface area contributed by atoms with Crippen molar-refractivity contribution in [2.75, 3.05) is 6.26 Å². The number of carbonyl (C=O) groups is 1. The van der Waals surface area contributed by atoms with Crippen LogP contribution >= 0.6 is 23.1 Å². The van der Waals surface area contributed by atoms with E-state index in [0.29, 0.717) is 18.8 Å². The van der Waals surface area contributed by atoms with Gasteiger partial charge < -0.3 is 5.32 Å². The second-order valence-corrected chi connectivity index (χ2v) is 8.53. The summed E-state index contributed by atoms with van der Waals surface area (Å²) in [5, 5.41) is 9.60. The molecule has 0 saturated carbocycles. The second-order valence-electron chi connectivity index (χ2n) is 6.71. The molecule has 1 amide bonds. The van der Waals surface area contributed by atoms with E-state index >= 15 is 0 Å². The van der Waals surface area contributed by atoms with Gasteiger partial charge in [0.25, 0.3) is 5.91 Å². The van der Waals surface area contributed by atoms with E-state index in [1.54, 1.807) is 39.9 Å².